The predicted octanol–water partition coefficient (Wildman–Crippen LogP) is 7.28. The molecule has 0 unspecified atom stereocenters. The molecular formula is C51H67Cl2F3N6O11. The minimum atomic E-state index is -4.92. The van der Waals surface area contributed by atoms with Crippen LogP contribution in [0.2, 0.25) is 0 Å². The fraction of sp³-hybridized carbons (Fsp3) is 0.510. The number of hydrogen-bond donors (Lipinski definition) is 3. The van der Waals surface area contributed by atoms with Crippen LogP contribution in [0.3, 0.4) is 0 Å². The first kappa shape index (κ1) is 62.8. The molecule has 0 bridgehead atoms. The first-order valence-electron chi connectivity index (χ1n) is 23.2. The Bertz CT molecular complexity index is 2290. The Morgan fingerprint density at radius 3 is 1.16 bits per heavy atom. The number of nitrogens with zero attached hydrogens (tertiary/aromatic N) is 4. The number of carboxylic acid groups (broad SMARTS) is 1. The number of ketones is 1. The van der Waals surface area contributed by atoms with Gasteiger partial charge >= 0.3 is 18.1 Å². The predicted molar refractivity (Wildman–Crippen MR) is 273 cm³/mol. The number of Topliss-reactive ketones (excluding diaryl/α,β-unsaturated/α-hetero) is 1. The molecule has 17 nitrogen and oxygen atoms in total. The zero-order valence-corrected chi connectivity index (χ0v) is 44.4. The highest BCUT2D eigenvalue weighted by atomic mass is 35.5. The number of likely N-dealkylation sites (N-methyl/N-ethyl adjacent to an activating group) is 4. The third kappa shape index (κ3) is 17.2. The number of aliphatic carboxylic acids is 1. The Labute approximate surface area is 434 Å². The van der Waals surface area contributed by atoms with Gasteiger partial charge in [-0.25, -0.2) is 0 Å². The van der Waals surface area contributed by atoms with Crippen molar-refractivity contribution in [3.63, 3.8) is 0 Å². The summed E-state index contributed by atoms with van der Waals surface area (Å²) in [6.45, 7) is 20.3. The Morgan fingerprint density at radius 1 is 0.630 bits per heavy atom. The lowest BCUT2D eigenvalue weighted by Gasteiger charge is -2.30. The van der Waals surface area contributed by atoms with Crippen molar-refractivity contribution in [1.29, 1.82) is 0 Å². The Hall–Kier alpha value is -6.28. The lowest BCUT2D eigenvalue weighted by Crippen LogP contribution is -2.56. The summed E-state index contributed by atoms with van der Waals surface area (Å²) in [5, 5.41) is 14.8. The number of alkyl halides is 5. The van der Waals surface area contributed by atoms with Crippen LogP contribution in [0.25, 0.3) is 0 Å². The molecule has 2 aromatic carbocycles. The molecule has 2 aromatic rings. The molecule has 0 radical (unpaired) electrons. The minimum Gasteiger partial charge on any atom is -0.481 e. The molecule has 73 heavy (non-hydrogen) atoms. The van der Waals surface area contributed by atoms with E-state index in [1.165, 1.54) is 39.8 Å². The molecule has 4 atom stereocenters. The highest BCUT2D eigenvalue weighted by molar-refractivity contribution is 6.54. The van der Waals surface area contributed by atoms with Gasteiger partial charge in [0.25, 0.3) is 29.4 Å². The van der Waals surface area contributed by atoms with Gasteiger partial charge in [-0.05, 0) is 82.6 Å². The number of carbonyl (C=O) groups is 9. The summed E-state index contributed by atoms with van der Waals surface area (Å²) in [4.78, 5) is 117. The number of anilines is 4. The van der Waals surface area contributed by atoms with E-state index in [-0.39, 0.29) is 24.7 Å². The van der Waals surface area contributed by atoms with E-state index in [0.29, 0.717) is 35.6 Å². The summed E-state index contributed by atoms with van der Waals surface area (Å²) in [6.07, 6.45) is -0.860. The van der Waals surface area contributed by atoms with Gasteiger partial charge < -0.3 is 40.1 Å². The minimum absolute atomic E-state index is 0.0440. The number of fused-ring (bicyclic) bond motifs is 2. The van der Waals surface area contributed by atoms with Gasteiger partial charge in [-0.15, -0.1) is 13.2 Å². The zero-order valence-electron chi connectivity index (χ0n) is 42.9. The van der Waals surface area contributed by atoms with Crippen molar-refractivity contribution in [2.24, 2.45) is 35.5 Å². The molecule has 0 fully saturated rings. The van der Waals surface area contributed by atoms with Gasteiger partial charge in [0.15, 0.2) is 16.9 Å². The highest BCUT2D eigenvalue weighted by Crippen LogP contribution is 2.34. The second kappa shape index (κ2) is 27.1. The molecule has 2 aliphatic rings. The van der Waals surface area contributed by atoms with Gasteiger partial charge in [0, 0.05) is 28.2 Å². The van der Waals surface area contributed by atoms with Crippen LogP contribution in [0.5, 0.6) is 0 Å². The first-order valence-corrected chi connectivity index (χ1v) is 24.1. The fourth-order valence-electron chi connectivity index (χ4n) is 7.92. The second-order valence-electron chi connectivity index (χ2n) is 19.2. The maximum absolute atomic E-state index is 13.5. The van der Waals surface area contributed by atoms with Crippen LogP contribution >= 0.6 is 23.2 Å². The van der Waals surface area contributed by atoms with E-state index < -0.39 is 106 Å². The van der Waals surface area contributed by atoms with Gasteiger partial charge in [-0.3, -0.25) is 43.2 Å². The summed E-state index contributed by atoms with van der Waals surface area (Å²) in [5.74, 6) is -10.5. The lowest BCUT2D eigenvalue weighted by atomic mass is 9.82. The number of benzene rings is 2. The SMILES string of the molecule is C=CC[C@H](C(=O)O)[C@@H](CC(C)C)C(=O)NC1C(=O)N(C)c2ccccc2N(C)C1=O.C=CC[C@H](C(=O)OC(C)(C)C)[C@@H](CC(C)C)C(=O)NC1C(=O)N(C)c2ccccc2N(C)C1=O.O=C(C(Cl)Cl)C(F)(F)F. The summed E-state index contributed by atoms with van der Waals surface area (Å²) >= 11 is 9.22. The first-order chi connectivity index (χ1) is 33.7. The number of halogens is 5. The van der Waals surface area contributed by atoms with Crippen LogP contribution in [0.1, 0.15) is 74.1 Å². The Balaban J connectivity index is 0.000000430. The van der Waals surface area contributed by atoms with Crippen LogP contribution in [0, 0.1) is 35.5 Å². The molecule has 0 spiro atoms. The zero-order chi connectivity index (χ0) is 56.0. The third-order valence-corrected chi connectivity index (χ3v) is 11.9. The monoisotopic (exact) mass is 1070 g/mol. The number of rotatable bonds is 17. The molecule has 4 rings (SSSR count). The highest BCUT2D eigenvalue weighted by Gasteiger charge is 2.45. The van der Waals surface area contributed by atoms with Gasteiger partial charge in [0.05, 0.1) is 46.4 Å². The van der Waals surface area contributed by atoms with Crippen molar-refractivity contribution in [1.82, 2.24) is 10.6 Å². The van der Waals surface area contributed by atoms with Crippen LogP contribution in [-0.4, -0.2) is 115 Å². The van der Waals surface area contributed by atoms with Crippen molar-refractivity contribution in [3.05, 3.63) is 73.8 Å². The van der Waals surface area contributed by atoms with E-state index in [2.05, 4.69) is 47.0 Å². The summed E-state index contributed by atoms with van der Waals surface area (Å²) in [6, 6.07) is 11.1. The molecule has 0 saturated heterocycles. The summed E-state index contributed by atoms with van der Waals surface area (Å²) in [7, 11) is 6.21. The van der Waals surface area contributed by atoms with E-state index >= 15 is 0 Å². The molecule has 0 aliphatic carbocycles. The number of hydrogen-bond acceptors (Lipinski definition) is 10. The molecule has 0 saturated carbocycles. The Morgan fingerprint density at radius 2 is 0.932 bits per heavy atom. The van der Waals surface area contributed by atoms with Gasteiger partial charge in [-0.2, -0.15) is 13.2 Å². The van der Waals surface area contributed by atoms with E-state index in [0.717, 1.165) is 0 Å². The van der Waals surface area contributed by atoms with Crippen LogP contribution < -0.4 is 30.2 Å². The van der Waals surface area contributed by atoms with E-state index in [1.807, 2.05) is 27.7 Å². The normalized spacial score (nSPS) is 16.1. The van der Waals surface area contributed by atoms with Crippen molar-refractivity contribution < 1.29 is 66.2 Å². The quantitative estimate of drug-likeness (QED) is 0.0619. The Kier molecular flexibility index (Phi) is 23.4. The molecule has 2 heterocycles. The number of nitrogens with one attached hydrogen (secondary N) is 2. The van der Waals surface area contributed by atoms with E-state index in [9.17, 15) is 61.4 Å². The summed E-state index contributed by atoms with van der Waals surface area (Å²) < 4.78 is 39.1. The maximum atomic E-state index is 13.5. The van der Waals surface area contributed by atoms with Gasteiger partial charge in [0.1, 0.15) is 5.60 Å². The summed E-state index contributed by atoms with van der Waals surface area (Å²) in [5.41, 5.74) is 1.50. The fourth-order valence-corrected chi connectivity index (χ4v) is 8.16. The average Bonchev–Trinajstić information content (AvgIpc) is 3.41. The van der Waals surface area contributed by atoms with Crippen LogP contribution in [-0.2, 0) is 47.9 Å². The number of carboxylic acids is 1. The topological polar surface area (TPSA) is 220 Å². The third-order valence-electron chi connectivity index (χ3n) is 11.5. The van der Waals surface area contributed by atoms with Crippen LogP contribution in [0.15, 0.2) is 73.8 Å². The number of amides is 6. The maximum Gasteiger partial charge on any atom is 0.452 e. The number of allylic oxidation sites excluding steroid dienone is 2. The molecule has 402 valence electrons. The average molecular weight is 1070 g/mol. The van der Waals surface area contributed by atoms with Crippen molar-refractivity contribution in [3.8, 4) is 0 Å². The van der Waals surface area contributed by atoms with Gasteiger partial charge in [-0.1, -0.05) is 87.3 Å². The molecule has 3 N–H and O–H groups in total. The van der Waals surface area contributed by atoms with E-state index in [1.54, 1.807) is 89.5 Å². The molecule has 0 aromatic heterocycles. The smallest absolute Gasteiger partial charge is 0.452 e. The molecule has 22 heteroatoms. The van der Waals surface area contributed by atoms with Gasteiger partial charge in [0.2, 0.25) is 11.8 Å². The molecule has 2 aliphatic heterocycles. The van der Waals surface area contributed by atoms with Crippen molar-refractivity contribution in [2.45, 2.75) is 103 Å². The van der Waals surface area contributed by atoms with Crippen molar-refractivity contribution >= 4 is 99.1 Å². The number of carbonyl (C=O) groups excluding carboxylic acids is 8. The standard InChI is InChI=1S/C26H37N3O5.C22H29N3O5.C3HCl2F3O/c1-9-12-17(25(33)34-26(4,5)6)18(15-16(2)3)22(30)27-21-23(31)28(7)19-13-10-11-14-20(19)29(8)24(21)32;1-6-9-14(22(29)30)15(12-13(2)3)19(26)23-18-20(27)24(4)16-10-7-8-11-17(16)25(5)21(18)28;4-2(5)1(9)3(6,7)8/h9-11,13-14,16-18,21H,1,12,15H2,2-8H3,(H,27,30);6-8,10-11,13-15,18H,1,9,12H2,2-5H3,(H,23,26)(H,29,30);2H/t17-,18+;14-,15+;/m00./s1. The molecule has 6 amide bonds. The lowest BCUT2D eigenvalue weighted by molar-refractivity contribution is -0.169. The van der Waals surface area contributed by atoms with Crippen molar-refractivity contribution in [2.75, 3.05) is 47.8 Å². The molecular weight excluding hydrogens is 1000 g/mol. The van der Waals surface area contributed by atoms with E-state index in [4.69, 9.17) is 4.74 Å². The number of para-hydroxylation sites is 4. The largest absolute Gasteiger partial charge is 0.481 e. The second-order valence-corrected chi connectivity index (χ2v) is 20.3. The number of ether oxygens (including phenoxy) is 1. The van der Waals surface area contributed by atoms with Crippen LogP contribution in [0.4, 0.5) is 35.9 Å². The number of esters is 1.